The van der Waals surface area contributed by atoms with Gasteiger partial charge in [0.05, 0.1) is 11.8 Å². The van der Waals surface area contributed by atoms with E-state index in [1.807, 2.05) is 28.8 Å². The average Bonchev–Trinajstić information content (AvgIpc) is 2.61. The molecule has 1 aromatic carbocycles. The molecule has 1 aliphatic rings. The monoisotopic (exact) mass is 293 g/mol. The second kappa shape index (κ2) is 4.27. The molecule has 2 heterocycles. The summed E-state index contributed by atoms with van der Waals surface area (Å²) >= 11 is 3.46. The maximum atomic E-state index is 11.1. The number of halogens is 1. The molecule has 0 spiro atoms. The number of fused-ring (bicyclic) bond motifs is 1. The summed E-state index contributed by atoms with van der Waals surface area (Å²) in [4.78, 5) is 11.1. The normalized spacial score (nSPS) is 19.2. The fourth-order valence-electron chi connectivity index (χ4n) is 2.18. The highest BCUT2D eigenvalue weighted by molar-refractivity contribution is 9.10. The second-order valence-electron chi connectivity index (χ2n) is 4.28. The molecule has 0 amide bonds. The lowest BCUT2D eigenvalue weighted by molar-refractivity contribution is -0.0587. The van der Waals surface area contributed by atoms with E-state index in [0.717, 1.165) is 41.2 Å². The predicted molar refractivity (Wildman–Crippen MR) is 69.4 cm³/mol. The molecule has 1 atom stereocenters. The van der Waals surface area contributed by atoms with E-state index in [1.165, 1.54) is 0 Å². The van der Waals surface area contributed by atoms with Gasteiger partial charge in [0.25, 0.3) is 0 Å². The molecule has 1 aromatic heterocycles. The van der Waals surface area contributed by atoms with Crippen LogP contribution >= 0.6 is 15.9 Å². The van der Waals surface area contributed by atoms with Crippen LogP contribution in [0.25, 0.3) is 10.9 Å². The van der Waals surface area contributed by atoms with Crippen LogP contribution in [-0.2, 0) is 11.3 Å². The molecule has 0 unspecified atom stereocenters. The van der Waals surface area contributed by atoms with E-state index in [1.54, 1.807) is 0 Å². The average molecular weight is 294 g/mol. The SMILES string of the molecule is O=Cc1cc2ccc(Br)cc2n1C[C@@H]1CCO1. The highest BCUT2D eigenvalue weighted by atomic mass is 79.9. The van der Waals surface area contributed by atoms with Crippen LogP contribution in [0.3, 0.4) is 0 Å². The van der Waals surface area contributed by atoms with Crippen LogP contribution < -0.4 is 0 Å². The largest absolute Gasteiger partial charge is 0.376 e. The number of benzene rings is 1. The summed E-state index contributed by atoms with van der Waals surface area (Å²) in [5.41, 5.74) is 1.80. The van der Waals surface area contributed by atoms with Crippen molar-refractivity contribution in [3.05, 3.63) is 34.4 Å². The Bertz CT molecular complexity index is 572. The molecular formula is C13H12BrNO2. The molecule has 3 rings (SSSR count). The fourth-order valence-corrected chi connectivity index (χ4v) is 2.53. The Labute approximate surface area is 107 Å². The molecule has 17 heavy (non-hydrogen) atoms. The molecule has 4 heteroatoms. The van der Waals surface area contributed by atoms with Gasteiger partial charge in [-0.1, -0.05) is 22.0 Å². The number of rotatable bonds is 3. The zero-order valence-electron chi connectivity index (χ0n) is 9.23. The minimum Gasteiger partial charge on any atom is -0.376 e. The van der Waals surface area contributed by atoms with Crippen molar-refractivity contribution in [2.75, 3.05) is 6.61 Å². The highest BCUT2D eigenvalue weighted by Crippen LogP contribution is 2.25. The number of carbonyl (C=O) groups excluding carboxylic acids is 1. The van der Waals surface area contributed by atoms with Crippen molar-refractivity contribution < 1.29 is 9.53 Å². The van der Waals surface area contributed by atoms with Crippen LogP contribution in [0.2, 0.25) is 0 Å². The van der Waals surface area contributed by atoms with E-state index < -0.39 is 0 Å². The minimum atomic E-state index is 0.253. The third kappa shape index (κ3) is 1.91. The van der Waals surface area contributed by atoms with Crippen LogP contribution in [0.5, 0.6) is 0 Å². The number of aldehydes is 1. The van der Waals surface area contributed by atoms with Crippen molar-refractivity contribution in [3.63, 3.8) is 0 Å². The van der Waals surface area contributed by atoms with Crippen LogP contribution in [-0.4, -0.2) is 23.6 Å². The van der Waals surface area contributed by atoms with Gasteiger partial charge in [-0.15, -0.1) is 0 Å². The van der Waals surface area contributed by atoms with Crippen molar-refractivity contribution in [3.8, 4) is 0 Å². The number of carbonyl (C=O) groups is 1. The zero-order chi connectivity index (χ0) is 11.8. The van der Waals surface area contributed by atoms with Crippen molar-refractivity contribution in [1.82, 2.24) is 4.57 Å². The number of ether oxygens (including phenoxy) is 1. The quantitative estimate of drug-likeness (QED) is 0.815. The van der Waals surface area contributed by atoms with Gasteiger partial charge in [0.15, 0.2) is 6.29 Å². The van der Waals surface area contributed by atoms with Crippen LogP contribution in [0, 0.1) is 0 Å². The van der Waals surface area contributed by atoms with Crippen molar-refractivity contribution in [2.24, 2.45) is 0 Å². The molecule has 2 aromatic rings. The molecule has 0 N–H and O–H groups in total. The third-order valence-electron chi connectivity index (χ3n) is 3.20. The Kier molecular flexibility index (Phi) is 2.76. The summed E-state index contributed by atoms with van der Waals surface area (Å²) in [5, 5.41) is 1.09. The maximum Gasteiger partial charge on any atom is 0.166 e. The van der Waals surface area contributed by atoms with Gasteiger partial charge in [0.1, 0.15) is 0 Å². The van der Waals surface area contributed by atoms with Gasteiger partial charge < -0.3 is 9.30 Å². The Morgan fingerprint density at radius 2 is 2.29 bits per heavy atom. The number of nitrogens with zero attached hydrogens (tertiary/aromatic N) is 1. The summed E-state index contributed by atoms with van der Waals surface area (Å²) in [6.45, 7) is 1.60. The Morgan fingerprint density at radius 3 is 2.94 bits per heavy atom. The van der Waals surface area contributed by atoms with Gasteiger partial charge in [-0.2, -0.15) is 0 Å². The molecule has 1 aliphatic heterocycles. The molecule has 88 valence electrons. The number of aromatic nitrogens is 1. The van der Waals surface area contributed by atoms with Gasteiger partial charge in [-0.05, 0) is 24.6 Å². The lowest BCUT2D eigenvalue weighted by Crippen LogP contribution is -2.31. The van der Waals surface area contributed by atoms with Crippen LogP contribution in [0.1, 0.15) is 16.9 Å². The van der Waals surface area contributed by atoms with Gasteiger partial charge in [0.2, 0.25) is 0 Å². The Morgan fingerprint density at radius 1 is 1.47 bits per heavy atom. The smallest absolute Gasteiger partial charge is 0.166 e. The third-order valence-corrected chi connectivity index (χ3v) is 3.69. The van der Waals surface area contributed by atoms with Crippen LogP contribution in [0.15, 0.2) is 28.7 Å². The second-order valence-corrected chi connectivity index (χ2v) is 5.20. The van der Waals surface area contributed by atoms with E-state index in [-0.39, 0.29) is 6.10 Å². The Balaban J connectivity index is 2.10. The minimum absolute atomic E-state index is 0.253. The molecule has 0 radical (unpaired) electrons. The van der Waals surface area contributed by atoms with Crippen molar-refractivity contribution in [1.29, 1.82) is 0 Å². The van der Waals surface area contributed by atoms with Crippen molar-refractivity contribution in [2.45, 2.75) is 19.1 Å². The lowest BCUT2D eigenvalue weighted by Gasteiger charge is -2.27. The standard InChI is InChI=1S/C13H12BrNO2/c14-10-2-1-9-5-11(8-16)15(13(9)6-10)7-12-3-4-17-12/h1-2,5-6,8,12H,3-4,7H2/t12-/m0/s1. The van der Waals surface area contributed by atoms with Crippen LogP contribution in [0.4, 0.5) is 0 Å². The first-order valence-corrected chi connectivity index (χ1v) is 6.43. The van der Waals surface area contributed by atoms with Gasteiger partial charge >= 0.3 is 0 Å². The van der Waals surface area contributed by atoms with E-state index >= 15 is 0 Å². The first-order chi connectivity index (χ1) is 8.28. The van der Waals surface area contributed by atoms with Crippen molar-refractivity contribution >= 4 is 33.1 Å². The lowest BCUT2D eigenvalue weighted by atomic mass is 10.2. The molecule has 1 fully saturated rings. The first-order valence-electron chi connectivity index (χ1n) is 5.63. The number of hydrogen-bond acceptors (Lipinski definition) is 2. The topological polar surface area (TPSA) is 31.2 Å². The molecular weight excluding hydrogens is 282 g/mol. The maximum absolute atomic E-state index is 11.1. The zero-order valence-corrected chi connectivity index (χ0v) is 10.8. The predicted octanol–water partition coefficient (Wildman–Crippen LogP) is 3.01. The first kappa shape index (κ1) is 11.0. The number of hydrogen-bond donors (Lipinski definition) is 0. The summed E-state index contributed by atoms with van der Waals surface area (Å²) in [5.74, 6) is 0. The summed E-state index contributed by atoms with van der Waals surface area (Å²) in [6, 6.07) is 7.97. The van der Waals surface area contributed by atoms with Gasteiger partial charge in [-0.25, -0.2) is 0 Å². The van der Waals surface area contributed by atoms with E-state index in [4.69, 9.17) is 4.74 Å². The molecule has 0 bridgehead atoms. The summed E-state index contributed by atoms with van der Waals surface area (Å²) < 4.78 is 8.50. The fraction of sp³-hybridized carbons (Fsp3) is 0.308. The van der Waals surface area contributed by atoms with Gasteiger partial charge in [-0.3, -0.25) is 4.79 Å². The highest BCUT2D eigenvalue weighted by Gasteiger charge is 2.20. The molecule has 0 aliphatic carbocycles. The van der Waals surface area contributed by atoms with Gasteiger partial charge in [0, 0.05) is 28.5 Å². The van der Waals surface area contributed by atoms with E-state index in [0.29, 0.717) is 5.69 Å². The summed E-state index contributed by atoms with van der Waals surface area (Å²) in [6.07, 6.45) is 2.24. The molecule has 0 saturated carbocycles. The molecule has 3 nitrogen and oxygen atoms in total. The summed E-state index contributed by atoms with van der Waals surface area (Å²) in [7, 11) is 0. The molecule has 1 saturated heterocycles. The van der Waals surface area contributed by atoms with E-state index in [9.17, 15) is 4.79 Å². The van der Waals surface area contributed by atoms with E-state index in [2.05, 4.69) is 15.9 Å². The Hall–Kier alpha value is -1.13.